The summed E-state index contributed by atoms with van der Waals surface area (Å²) in [6, 6.07) is 0. The first-order valence-corrected chi connectivity index (χ1v) is 4.02. The van der Waals surface area contributed by atoms with E-state index in [9.17, 15) is 0 Å². The molecule has 0 fully saturated rings. The van der Waals surface area contributed by atoms with E-state index in [4.69, 9.17) is 5.73 Å². The molecule has 0 spiro atoms. The van der Waals surface area contributed by atoms with Crippen LogP contribution in [0, 0.1) is 6.92 Å². The van der Waals surface area contributed by atoms with E-state index in [1.165, 1.54) is 0 Å². The number of imidazole rings is 1. The molecule has 0 radical (unpaired) electrons. The van der Waals surface area contributed by atoms with Gasteiger partial charge in [0.15, 0.2) is 0 Å². The first-order valence-electron chi connectivity index (χ1n) is 4.02. The molecule has 0 aliphatic rings. The number of hydrogen-bond acceptors (Lipinski definition) is 2. The Kier molecular flexibility index (Phi) is 2.65. The molecule has 1 rings (SSSR count). The number of aromatic nitrogens is 2. The topological polar surface area (TPSA) is 54.7 Å². The lowest BCUT2D eigenvalue weighted by Crippen LogP contribution is -1.98. The monoisotopic (exact) mass is 153 g/mol. The average molecular weight is 153 g/mol. The summed E-state index contributed by atoms with van der Waals surface area (Å²) in [5, 5.41) is 0. The maximum atomic E-state index is 5.43. The number of H-pyrrole nitrogens is 1. The molecule has 1 aromatic heterocycles. The van der Waals surface area contributed by atoms with Crippen molar-refractivity contribution in [2.75, 3.05) is 0 Å². The lowest BCUT2D eigenvalue weighted by Gasteiger charge is -1.90. The highest BCUT2D eigenvalue weighted by molar-refractivity contribution is 5.12. The first-order chi connectivity index (χ1) is 5.27. The van der Waals surface area contributed by atoms with E-state index in [0.717, 1.165) is 30.1 Å². The van der Waals surface area contributed by atoms with Gasteiger partial charge in [-0.3, -0.25) is 0 Å². The fourth-order valence-corrected chi connectivity index (χ4v) is 1.14. The van der Waals surface area contributed by atoms with Gasteiger partial charge >= 0.3 is 0 Å². The van der Waals surface area contributed by atoms with E-state index < -0.39 is 0 Å². The van der Waals surface area contributed by atoms with Crippen molar-refractivity contribution in [3.63, 3.8) is 0 Å². The Morgan fingerprint density at radius 1 is 1.55 bits per heavy atom. The molecule has 0 amide bonds. The summed E-state index contributed by atoms with van der Waals surface area (Å²) in [7, 11) is 0. The number of hydrogen-bond donors (Lipinski definition) is 2. The minimum absolute atomic E-state index is 0.505. The molecular formula is C8H15N3. The summed E-state index contributed by atoms with van der Waals surface area (Å²) >= 11 is 0. The van der Waals surface area contributed by atoms with E-state index in [1.807, 2.05) is 6.92 Å². The van der Waals surface area contributed by atoms with Crippen molar-refractivity contribution in [2.24, 2.45) is 5.73 Å². The Morgan fingerprint density at radius 2 is 2.27 bits per heavy atom. The number of aromatic amines is 1. The zero-order valence-corrected chi connectivity index (χ0v) is 7.15. The van der Waals surface area contributed by atoms with Crippen LogP contribution in [0.3, 0.4) is 0 Å². The van der Waals surface area contributed by atoms with Gasteiger partial charge in [-0.2, -0.15) is 0 Å². The van der Waals surface area contributed by atoms with Crippen molar-refractivity contribution < 1.29 is 0 Å². The van der Waals surface area contributed by atoms with Crippen LogP contribution < -0.4 is 5.73 Å². The summed E-state index contributed by atoms with van der Waals surface area (Å²) in [6.07, 6.45) is 2.18. The molecule has 62 valence electrons. The summed E-state index contributed by atoms with van der Waals surface area (Å²) < 4.78 is 0. The zero-order chi connectivity index (χ0) is 8.27. The standard InChI is InChI=1S/C8H15N3/c1-3-4-7-6(2)10-8(5-9)11-7/h3-5,9H2,1-2H3,(H,10,11). The van der Waals surface area contributed by atoms with E-state index in [-0.39, 0.29) is 0 Å². The molecule has 0 aliphatic heterocycles. The van der Waals surface area contributed by atoms with Gasteiger partial charge in [0.05, 0.1) is 12.2 Å². The van der Waals surface area contributed by atoms with Crippen LogP contribution in [0.2, 0.25) is 0 Å². The van der Waals surface area contributed by atoms with Gasteiger partial charge < -0.3 is 10.7 Å². The number of aryl methyl sites for hydroxylation is 2. The third kappa shape index (κ3) is 1.80. The van der Waals surface area contributed by atoms with Gasteiger partial charge in [0, 0.05) is 5.69 Å². The molecule has 3 N–H and O–H groups in total. The molecule has 3 nitrogen and oxygen atoms in total. The van der Waals surface area contributed by atoms with Gasteiger partial charge in [-0.25, -0.2) is 4.98 Å². The number of nitrogens with one attached hydrogen (secondary N) is 1. The van der Waals surface area contributed by atoms with Crippen LogP contribution in [0.4, 0.5) is 0 Å². The molecule has 3 heteroatoms. The second-order valence-corrected chi connectivity index (χ2v) is 2.71. The largest absolute Gasteiger partial charge is 0.345 e. The fraction of sp³-hybridized carbons (Fsp3) is 0.625. The summed E-state index contributed by atoms with van der Waals surface area (Å²) in [4.78, 5) is 7.48. The lowest BCUT2D eigenvalue weighted by molar-refractivity contribution is 0.869. The molecule has 0 aromatic carbocycles. The number of rotatable bonds is 3. The van der Waals surface area contributed by atoms with Crippen molar-refractivity contribution in [2.45, 2.75) is 33.2 Å². The van der Waals surface area contributed by atoms with Crippen molar-refractivity contribution in [3.05, 3.63) is 17.2 Å². The van der Waals surface area contributed by atoms with Gasteiger partial charge in [-0.1, -0.05) is 13.3 Å². The summed E-state index contributed by atoms with van der Waals surface area (Å²) in [6.45, 7) is 4.69. The quantitative estimate of drug-likeness (QED) is 0.684. The van der Waals surface area contributed by atoms with Crippen LogP contribution in [-0.2, 0) is 13.0 Å². The number of nitrogens with two attached hydrogens (primary N) is 1. The van der Waals surface area contributed by atoms with Gasteiger partial charge in [-0.05, 0) is 13.3 Å². The Bertz CT molecular complexity index is 227. The molecule has 1 heterocycles. The van der Waals surface area contributed by atoms with Gasteiger partial charge in [0.25, 0.3) is 0 Å². The van der Waals surface area contributed by atoms with Crippen LogP contribution in [0.5, 0.6) is 0 Å². The molecule has 11 heavy (non-hydrogen) atoms. The molecule has 0 bridgehead atoms. The molecule has 0 atom stereocenters. The van der Waals surface area contributed by atoms with E-state index in [0.29, 0.717) is 6.54 Å². The lowest BCUT2D eigenvalue weighted by atomic mass is 10.2. The molecule has 0 saturated heterocycles. The van der Waals surface area contributed by atoms with E-state index in [2.05, 4.69) is 16.9 Å². The number of nitrogens with zero attached hydrogens (tertiary/aromatic N) is 1. The third-order valence-corrected chi connectivity index (χ3v) is 1.71. The van der Waals surface area contributed by atoms with Crippen LogP contribution in [0.1, 0.15) is 30.6 Å². The second-order valence-electron chi connectivity index (χ2n) is 2.71. The molecular weight excluding hydrogens is 138 g/mol. The van der Waals surface area contributed by atoms with E-state index in [1.54, 1.807) is 0 Å². The minimum Gasteiger partial charge on any atom is -0.345 e. The fourth-order valence-electron chi connectivity index (χ4n) is 1.14. The highest BCUT2D eigenvalue weighted by atomic mass is 14.9. The predicted molar refractivity (Wildman–Crippen MR) is 45.2 cm³/mol. The van der Waals surface area contributed by atoms with Crippen molar-refractivity contribution in [1.82, 2.24) is 9.97 Å². The van der Waals surface area contributed by atoms with Gasteiger partial charge in [0.1, 0.15) is 5.82 Å². The van der Waals surface area contributed by atoms with Gasteiger partial charge in [-0.15, -0.1) is 0 Å². The normalized spacial score (nSPS) is 10.5. The Balaban J connectivity index is 2.79. The van der Waals surface area contributed by atoms with Crippen molar-refractivity contribution in [3.8, 4) is 0 Å². The Morgan fingerprint density at radius 3 is 2.73 bits per heavy atom. The minimum atomic E-state index is 0.505. The van der Waals surface area contributed by atoms with Crippen LogP contribution in [0.15, 0.2) is 0 Å². The highest BCUT2D eigenvalue weighted by Crippen LogP contribution is 2.06. The Hall–Kier alpha value is -0.830. The zero-order valence-electron chi connectivity index (χ0n) is 7.15. The van der Waals surface area contributed by atoms with Crippen molar-refractivity contribution in [1.29, 1.82) is 0 Å². The van der Waals surface area contributed by atoms with Crippen LogP contribution >= 0.6 is 0 Å². The first kappa shape index (κ1) is 8.27. The smallest absolute Gasteiger partial charge is 0.120 e. The third-order valence-electron chi connectivity index (χ3n) is 1.71. The summed E-state index contributed by atoms with van der Waals surface area (Å²) in [5.74, 6) is 0.894. The average Bonchev–Trinajstić information content (AvgIpc) is 2.33. The van der Waals surface area contributed by atoms with Crippen LogP contribution in [0.25, 0.3) is 0 Å². The van der Waals surface area contributed by atoms with Crippen molar-refractivity contribution >= 4 is 0 Å². The maximum absolute atomic E-state index is 5.43. The predicted octanol–water partition coefficient (Wildman–Crippen LogP) is 1.13. The van der Waals surface area contributed by atoms with E-state index >= 15 is 0 Å². The molecule has 0 saturated carbocycles. The maximum Gasteiger partial charge on any atom is 0.120 e. The molecule has 0 unspecified atom stereocenters. The van der Waals surface area contributed by atoms with Gasteiger partial charge in [0.2, 0.25) is 0 Å². The second kappa shape index (κ2) is 3.53. The molecule has 0 aliphatic carbocycles. The Labute approximate surface area is 67.0 Å². The van der Waals surface area contributed by atoms with Crippen LogP contribution in [-0.4, -0.2) is 9.97 Å². The SMILES string of the molecule is CCCc1nc(CN)[nH]c1C. The molecule has 1 aromatic rings. The highest BCUT2D eigenvalue weighted by Gasteiger charge is 2.02. The summed E-state index contributed by atoms with van der Waals surface area (Å²) in [5.41, 5.74) is 7.75.